The summed E-state index contributed by atoms with van der Waals surface area (Å²) in [4.78, 5) is 15.6. The van der Waals surface area contributed by atoms with E-state index >= 15 is 0 Å². The molecule has 1 aromatic carbocycles. The van der Waals surface area contributed by atoms with Gasteiger partial charge in [0.25, 0.3) is 5.91 Å². The lowest BCUT2D eigenvalue weighted by atomic mass is 10.1. The van der Waals surface area contributed by atoms with Crippen LogP contribution in [0.5, 0.6) is 0 Å². The highest BCUT2D eigenvalue weighted by Crippen LogP contribution is 2.20. The maximum Gasteiger partial charge on any atom is 0.254 e. The molecule has 0 spiro atoms. The van der Waals surface area contributed by atoms with Crippen LogP contribution in [-0.4, -0.2) is 42.7 Å². The van der Waals surface area contributed by atoms with E-state index in [1.165, 1.54) is 0 Å². The molecular formula is C14H20N2OS. The molecule has 4 heteroatoms. The van der Waals surface area contributed by atoms with Crippen molar-refractivity contribution in [1.82, 2.24) is 10.2 Å². The Labute approximate surface area is 113 Å². The number of hydrogen-bond acceptors (Lipinski definition) is 3. The Bertz CT molecular complexity index is 447. The maximum absolute atomic E-state index is 12.5. The van der Waals surface area contributed by atoms with Gasteiger partial charge in [-0.2, -0.15) is 0 Å². The molecule has 0 saturated carbocycles. The van der Waals surface area contributed by atoms with Crippen LogP contribution < -0.4 is 5.32 Å². The number of piperazine rings is 1. The fourth-order valence-electron chi connectivity index (χ4n) is 2.25. The molecule has 1 atom stereocenters. The van der Waals surface area contributed by atoms with E-state index in [0.29, 0.717) is 6.04 Å². The number of rotatable bonds is 2. The van der Waals surface area contributed by atoms with Gasteiger partial charge in [0, 0.05) is 36.1 Å². The summed E-state index contributed by atoms with van der Waals surface area (Å²) < 4.78 is 0. The molecule has 1 aliphatic rings. The summed E-state index contributed by atoms with van der Waals surface area (Å²) in [6.07, 6.45) is 2.03. The van der Waals surface area contributed by atoms with Crippen molar-refractivity contribution in [2.75, 3.05) is 25.9 Å². The second-order valence-electron chi connectivity index (χ2n) is 4.79. The molecule has 1 N–H and O–H groups in total. The molecule has 1 heterocycles. The Morgan fingerprint density at radius 3 is 2.94 bits per heavy atom. The Balaban J connectivity index is 2.22. The fourth-order valence-corrected chi connectivity index (χ4v) is 2.69. The van der Waals surface area contributed by atoms with E-state index in [9.17, 15) is 4.79 Å². The zero-order chi connectivity index (χ0) is 13.1. The molecule has 0 aliphatic carbocycles. The van der Waals surface area contributed by atoms with Crippen molar-refractivity contribution in [2.24, 2.45) is 0 Å². The lowest BCUT2D eigenvalue weighted by Gasteiger charge is -2.32. The molecule has 0 aromatic heterocycles. The quantitative estimate of drug-likeness (QED) is 0.831. The van der Waals surface area contributed by atoms with Gasteiger partial charge in [0.1, 0.15) is 0 Å². The Morgan fingerprint density at radius 2 is 2.28 bits per heavy atom. The molecule has 1 amide bonds. The molecule has 1 fully saturated rings. The Hall–Kier alpha value is -1.00. The molecule has 1 aliphatic heterocycles. The minimum absolute atomic E-state index is 0.164. The van der Waals surface area contributed by atoms with Crippen molar-refractivity contribution in [1.29, 1.82) is 0 Å². The normalized spacial score (nSPS) is 19.9. The summed E-state index contributed by atoms with van der Waals surface area (Å²) in [5, 5.41) is 3.36. The number of hydrogen-bond donors (Lipinski definition) is 1. The highest BCUT2D eigenvalue weighted by Gasteiger charge is 2.22. The highest BCUT2D eigenvalue weighted by atomic mass is 32.2. The van der Waals surface area contributed by atoms with E-state index in [0.717, 1.165) is 35.7 Å². The van der Waals surface area contributed by atoms with Crippen LogP contribution in [0.4, 0.5) is 0 Å². The smallest absolute Gasteiger partial charge is 0.254 e. The molecule has 2 rings (SSSR count). The molecule has 98 valence electrons. The first-order valence-electron chi connectivity index (χ1n) is 6.29. The molecule has 18 heavy (non-hydrogen) atoms. The number of benzene rings is 1. The third-order valence-electron chi connectivity index (χ3n) is 3.33. The standard InChI is InChI=1S/C14H20N2OS/c1-10-4-5-12(18-3)8-13(10)14(17)16-7-6-15-11(2)9-16/h4-5,8,11,15H,6-7,9H2,1-3H3. The third kappa shape index (κ3) is 2.87. The second-order valence-corrected chi connectivity index (χ2v) is 5.67. The first-order chi connectivity index (χ1) is 8.61. The van der Waals surface area contributed by atoms with Crippen molar-refractivity contribution in [3.05, 3.63) is 29.3 Å². The van der Waals surface area contributed by atoms with Crippen LogP contribution in [0.15, 0.2) is 23.1 Å². The van der Waals surface area contributed by atoms with Crippen LogP contribution in [0.25, 0.3) is 0 Å². The number of thioether (sulfide) groups is 1. The summed E-state index contributed by atoms with van der Waals surface area (Å²) in [5.74, 6) is 0.164. The lowest BCUT2D eigenvalue weighted by molar-refractivity contribution is 0.0708. The summed E-state index contributed by atoms with van der Waals surface area (Å²) in [7, 11) is 0. The minimum atomic E-state index is 0.164. The van der Waals surface area contributed by atoms with Crippen LogP contribution >= 0.6 is 11.8 Å². The van der Waals surface area contributed by atoms with Crippen LogP contribution in [0.3, 0.4) is 0 Å². The van der Waals surface area contributed by atoms with Gasteiger partial charge in [-0.05, 0) is 37.8 Å². The average molecular weight is 264 g/mol. The number of aryl methyl sites for hydroxylation is 1. The van der Waals surface area contributed by atoms with Crippen molar-refractivity contribution in [3.63, 3.8) is 0 Å². The van der Waals surface area contributed by atoms with Gasteiger partial charge in [0.05, 0.1) is 0 Å². The first-order valence-corrected chi connectivity index (χ1v) is 7.51. The minimum Gasteiger partial charge on any atom is -0.336 e. The number of carbonyl (C=O) groups is 1. The summed E-state index contributed by atoms with van der Waals surface area (Å²) >= 11 is 1.67. The van der Waals surface area contributed by atoms with Crippen LogP contribution in [0.1, 0.15) is 22.8 Å². The maximum atomic E-state index is 12.5. The van der Waals surface area contributed by atoms with Crippen molar-refractivity contribution >= 4 is 17.7 Å². The van der Waals surface area contributed by atoms with Gasteiger partial charge >= 0.3 is 0 Å². The Morgan fingerprint density at radius 1 is 1.50 bits per heavy atom. The number of nitrogens with one attached hydrogen (secondary N) is 1. The molecule has 1 aromatic rings. The lowest BCUT2D eigenvalue weighted by Crippen LogP contribution is -2.51. The van der Waals surface area contributed by atoms with E-state index < -0.39 is 0 Å². The monoisotopic (exact) mass is 264 g/mol. The number of nitrogens with zero attached hydrogens (tertiary/aromatic N) is 1. The zero-order valence-corrected chi connectivity index (χ0v) is 12.0. The fraction of sp³-hybridized carbons (Fsp3) is 0.500. The second kappa shape index (κ2) is 5.76. The van der Waals surface area contributed by atoms with Gasteiger partial charge in [-0.1, -0.05) is 6.07 Å². The summed E-state index contributed by atoms with van der Waals surface area (Å²) in [5.41, 5.74) is 1.90. The summed E-state index contributed by atoms with van der Waals surface area (Å²) in [6, 6.07) is 6.49. The van der Waals surface area contributed by atoms with Gasteiger partial charge < -0.3 is 10.2 Å². The Kier molecular flexibility index (Phi) is 4.30. The van der Waals surface area contributed by atoms with Crippen LogP contribution in [0, 0.1) is 6.92 Å². The van der Waals surface area contributed by atoms with E-state index in [-0.39, 0.29) is 5.91 Å². The number of carbonyl (C=O) groups excluding carboxylic acids is 1. The molecule has 0 radical (unpaired) electrons. The van der Waals surface area contributed by atoms with E-state index in [4.69, 9.17) is 0 Å². The van der Waals surface area contributed by atoms with Gasteiger partial charge in [0.2, 0.25) is 0 Å². The van der Waals surface area contributed by atoms with Crippen molar-refractivity contribution in [2.45, 2.75) is 24.8 Å². The predicted molar refractivity (Wildman–Crippen MR) is 76.3 cm³/mol. The molecular weight excluding hydrogens is 244 g/mol. The van der Waals surface area contributed by atoms with Gasteiger partial charge in [-0.25, -0.2) is 0 Å². The average Bonchev–Trinajstić information content (AvgIpc) is 2.38. The molecule has 1 unspecified atom stereocenters. The van der Waals surface area contributed by atoms with Crippen molar-refractivity contribution in [3.8, 4) is 0 Å². The van der Waals surface area contributed by atoms with Crippen LogP contribution in [-0.2, 0) is 0 Å². The first kappa shape index (κ1) is 13.4. The van der Waals surface area contributed by atoms with E-state index in [1.54, 1.807) is 11.8 Å². The van der Waals surface area contributed by atoms with Gasteiger partial charge in [-0.15, -0.1) is 11.8 Å². The molecule has 1 saturated heterocycles. The summed E-state index contributed by atoms with van der Waals surface area (Å²) in [6.45, 7) is 6.59. The highest BCUT2D eigenvalue weighted by molar-refractivity contribution is 7.98. The SMILES string of the molecule is CSc1ccc(C)c(C(=O)N2CCNC(C)C2)c1. The molecule has 3 nitrogen and oxygen atoms in total. The van der Waals surface area contributed by atoms with Gasteiger partial charge in [0.15, 0.2) is 0 Å². The predicted octanol–water partition coefficient (Wildman–Crippen LogP) is 2.15. The zero-order valence-electron chi connectivity index (χ0n) is 11.2. The van der Waals surface area contributed by atoms with E-state index in [2.05, 4.69) is 18.3 Å². The largest absolute Gasteiger partial charge is 0.336 e. The molecule has 0 bridgehead atoms. The van der Waals surface area contributed by atoms with Gasteiger partial charge in [-0.3, -0.25) is 4.79 Å². The number of amides is 1. The third-order valence-corrected chi connectivity index (χ3v) is 4.06. The van der Waals surface area contributed by atoms with Crippen LogP contribution in [0.2, 0.25) is 0 Å². The van der Waals surface area contributed by atoms with Crippen molar-refractivity contribution < 1.29 is 4.79 Å². The topological polar surface area (TPSA) is 32.3 Å². The van der Waals surface area contributed by atoms with E-state index in [1.807, 2.05) is 30.2 Å².